The molecule has 8 heteroatoms. The smallest absolute Gasteiger partial charge is 0.328 e. The third-order valence-corrected chi connectivity index (χ3v) is 4.71. The number of piperazine rings is 1. The monoisotopic (exact) mass is 354 g/mol. The molecule has 1 aromatic carbocycles. The molecule has 1 amide bonds. The number of fused-ring (bicyclic) bond motifs is 1. The molecular weight excluding hydrogens is 336 g/mol. The van der Waals surface area contributed by atoms with Gasteiger partial charge in [0.05, 0.1) is 18.7 Å². The summed E-state index contributed by atoms with van der Waals surface area (Å²) < 4.78 is 5.60. The van der Waals surface area contributed by atoms with Crippen LogP contribution in [0, 0.1) is 0 Å². The number of carbonyl (C=O) groups excluding carboxylic acids is 1. The van der Waals surface area contributed by atoms with Crippen molar-refractivity contribution in [2.45, 2.75) is 12.5 Å². The number of anilines is 1. The molecule has 1 N–H and O–H groups in total. The van der Waals surface area contributed by atoms with Crippen LogP contribution < -0.4 is 9.64 Å². The number of aliphatic carboxylic acids is 1. The number of amides is 1. The van der Waals surface area contributed by atoms with Crippen LogP contribution in [0.2, 0.25) is 0 Å². The van der Waals surface area contributed by atoms with E-state index in [0.717, 1.165) is 12.0 Å². The number of aromatic nitrogens is 2. The van der Waals surface area contributed by atoms with Gasteiger partial charge >= 0.3 is 5.97 Å². The van der Waals surface area contributed by atoms with Crippen LogP contribution in [0.15, 0.2) is 36.7 Å². The predicted octanol–water partition coefficient (Wildman–Crippen LogP) is 0.827. The summed E-state index contributed by atoms with van der Waals surface area (Å²) in [4.78, 5) is 36.4. The minimum Gasteiger partial charge on any atom is -0.492 e. The van der Waals surface area contributed by atoms with Crippen molar-refractivity contribution in [3.8, 4) is 5.75 Å². The van der Waals surface area contributed by atoms with E-state index in [1.54, 1.807) is 29.4 Å². The zero-order valence-corrected chi connectivity index (χ0v) is 14.0. The van der Waals surface area contributed by atoms with E-state index in [1.165, 1.54) is 4.90 Å². The van der Waals surface area contributed by atoms with Gasteiger partial charge in [0.25, 0.3) is 5.91 Å². The zero-order valence-electron chi connectivity index (χ0n) is 14.0. The van der Waals surface area contributed by atoms with Gasteiger partial charge in [-0.15, -0.1) is 0 Å². The largest absolute Gasteiger partial charge is 0.492 e. The van der Waals surface area contributed by atoms with Gasteiger partial charge in [-0.25, -0.2) is 14.8 Å². The Morgan fingerprint density at radius 3 is 2.73 bits per heavy atom. The molecule has 2 aromatic rings. The minimum absolute atomic E-state index is 0.140. The Morgan fingerprint density at radius 1 is 1.15 bits per heavy atom. The standard InChI is InChI=1S/C18H18N4O4/c23-16(13-4-1-3-12-5-10-26-15(12)13)22-9-8-21(11-14(22)17(24)25)18-19-6-2-7-20-18/h1-4,6-7,14H,5,8-11H2,(H,24,25). The van der Waals surface area contributed by atoms with Gasteiger partial charge in [0.15, 0.2) is 0 Å². The van der Waals surface area contributed by atoms with Crippen LogP contribution in [0.1, 0.15) is 15.9 Å². The molecule has 1 unspecified atom stereocenters. The highest BCUT2D eigenvalue weighted by Crippen LogP contribution is 2.31. The predicted molar refractivity (Wildman–Crippen MR) is 92.3 cm³/mol. The number of hydrogen-bond donors (Lipinski definition) is 1. The molecule has 2 aliphatic heterocycles. The highest BCUT2D eigenvalue weighted by molar-refractivity contribution is 5.99. The van der Waals surface area contributed by atoms with Gasteiger partial charge in [-0.1, -0.05) is 12.1 Å². The summed E-state index contributed by atoms with van der Waals surface area (Å²) in [5.41, 5.74) is 1.41. The molecule has 2 aliphatic rings. The SMILES string of the molecule is O=C(O)C1CN(c2ncccn2)CCN1C(=O)c1cccc2c1OCC2. The van der Waals surface area contributed by atoms with Crippen molar-refractivity contribution in [2.75, 3.05) is 31.1 Å². The van der Waals surface area contributed by atoms with E-state index in [2.05, 4.69) is 9.97 Å². The minimum atomic E-state index is -1.05. The van der Waals surface area contributed by atoms with Gasteiger partial charge in [-0.05, 0) is 17.7 Å². The Labute approximate surface area is 150 Å². The van der Waals surface area contributed by atoms with E-state index in [0.29, 0.717) is 30.4 Å². The Balaban J connectivity index is 1.60. The second-order valence-corrected chi connectivity index (χ2v) is 6.24. The highest BCUT2D eigenvalue weighted by atomic mass is 16.5. The number of nitrogens with zero attached hydrogens (tertiary/aromatic N) is 4. The number of ether oxygens (including phenoxy) is 1. The summed E-state index contributed by atoms with van der Waals surface area (Å²) in [7, 11) is 0. The number of para-hydroxylation sites is 1. The molecule has 4 rings (SSSR count). The molecule has 134 valence electrons. The lowest BCUT2D eigenvalue weighted by Gasteiger charge is -2.39. The summed E-state index contributed by atoms with van der Waals surface area (Å²) in [6, 6.07) is 6.16. The first-order chi connectivity index (χ1) is 12.6. The molecule has 1 aromatic heterocycles. The van der Waals surface area contributed by atoms with E-state index in [-0.39, 0.29) is 19.0 Å². The van der Waals surface area contributed by atoms with Crippen LogP contribution in [-0.2, 0) is 11.2 Å². The maximum absolute atomic E-state index is 13.1. The fourth-order valence-electron chi connectivity index (χ4n) is 3.41. The first-order valence-electron chi connectivity index (χ1n) is 8.45. The highest BCUT2D eigenvalue weighted by Gasteiger charge is 2.38. The lowest BCUT2D eigenvalue weighted by Crippen LogP contribution is -2.58. The van der Waals surface area contributed by atoms with E-state index in [1.807, 2.05) is 12.1 Å². The van der Waals surface area contributed by atoms with Gasteiger partial charge in [-0.2, -0.15) is 0 Å². The van der Waals surface area contributed by atoms with Crippen molar-refractivity contribution in [1.82, 2.24) is 14.9 Å². The third-order valence-electron chi connectivity index (χ3n) is 4.71. The first kappa shape index (κ1) is 16.3. The van der Waals surface area contributed by atoms with Crippen molar-refractivity contribution in [2.24, 2.45) is 0 Å². The second kappa shape index (κ2) is 6.62. The molecule has 3 heterocycles. The van der Waals surface area contributed by atoms with Crippen LogP contribution in [0.3, 0.4) is 0 Å². The number of carbonyl (C=O) groups is 2. The molecule has 0 saturated carbocycles. The number of benzene rings is 1. The average Bonchev–Trinajstić information content (AvgIpc) is 3.16. The van der Waals surface area contributed by atoms with Crippen LogP contribution >= 0.6 is 0 Å². The molecule has 1 fully saturated rings. The fraction of sp³-hybridized carbons (Fsp3) is 0.333. The lowest BCUT2D eigenvalue weighted by molar-refractivity contribution is -0.142. The molecule has 1 atom stereocenters. The van der Waals surface area contributed by atoms with Crippen molar-refractivity contribution in [3.05, 3.63) is 47.8 Å². The van der Waals surface area contributed by atoms with Gasteiger partial charge in [-0.3, -0.25) is 4.79 Å². The van der Waals surface area contributed by atoms with E-state index in [4.69, 9.17) is 4.74 Å². The fourth-order valence-corrected chi connectivity index (χ4v) is 3.41. The zero-order chi connectivity index (χ0) is 18.1. The molecule has 0 spiro atoms. The first-order valence-corrected chi connectivity index (χ1v) is 8.45. The Morgan fingerprint density at radius 2 is 1.96 bits per heavy atom. The van der Waals surface area contributed by atoms with Crippen molar-refractivity contribution in [3.63, 3.8) is 0 Å². The number of hydrogen-bond acceptors (Lipinski definition) is 6. The van der Waals surface area contributed by atoms with Gasteiger partial charge in [0.1, 0.15) is 11.8 Å². The average molecular weight is 354 g/mol. The molecule has 8 nitrogen and oxygen atoms in total. The summed E-state index contributed by atoms with van der Waals surface area (Å²) in [5, 5.41) is 9.67. The topological polar surface area (TPSA) is 95.9 Å². The molecule has 1 saturated heterocycles. The Kier molecular flexibility index (Phi) is 4.16. The van der Waals surface area contributed by atoms with E-state index in [9.17, 15) is 14.7 Å². The molecule has 0 radical (unpaired) electrons. The molecule has 0 aliphatic carbocycles. The van der Waals surface area contributed by atoms with Crippen molar-refractivity contribution >= 4 is 17.8 Å². The van der Waals surface area contributed by atoms with E-state index < -0.39 is 12.0 Å². The quantitative estimate of drug-likeness (QED) is 0.872. The maximum Gasteiger partial charge on any atom is 0.328 e. The summed E-state index contributed by atoms with van der Waals surface area (Å²) in [5.74, 6) is -0.317. The molecule has 26 heavy (non-hydrogen) atoms. The molecular formula is C18H18N4O4. The van der Waals surface area contributed by atoms with Crippen LogP contribution in [-0.4, -0.2) is 64.1 Å². The second-order valence-electron chi connectivity index (χ2n) is 6.24. The van der Waals surface area contributed by atoms with Crippen molar-refractivity contribution in [1.29, 1.82) is 0 Å². The number of carboxylic acids is 1. The van der Waals surface area contributed by atoms with Gasteiger partial charge in [0.2, 0.25) is 5.95 Å². The number of rotatable bonds is 3. The summed E-state index contributed by atoms with van der Waals surface area (Å²) in [6.07, 6.45) is 3.98. The Bertz CT molecular complexity index is 842. The van der Waals surface area contributed by atoms with Crippen LogP contribution in [0.5, 0.6) is 5.75 Å². The normalized spacial score (nSPS) is 19.0. The maximum atomic E-state index is 13.1. The third kappa shape index (κ3) is 2.83. The Hall–Kier alpha value is -3.16. The van der Waals surface area contributed by atoms with Gasteiger partial charge in [0, 0.05) is 31.9 Å². The lowest BCUT2D eigenvalue weighted by atomic mass is 10.0. The van der Waals surface area contributed by atoms with Crippen LogP contribution in [0.4, 0.5) is 5.95 Å². The van der Waals surface area contributed by atoms with Crippen molar-refractivity contribution < 1.29 is 19.4 Å². The van der Waals surface area contributed by atoms with Crippen LogP contribution in [0.25, 0.3) is 0 Å². The van der Waals surface area contributed by atoms with E-state index >= 15 is 0 Å². The summed E-state index contributed by atoms with van der Waals surface area (Å²) in [6.45, 7) is 1.43. The van der Waals surface area contributed by atoms with Gasteiger partial charge < -0.3 is 19.6 Å². The molecule has 0 bridgehead atoms. The number of carboxylic acid groups (broad SMARTS) is 1. The summed E-state index contributed by atoms with van der Waals surface area (Å²) >= 11 is 0.